The third-order valence-electron chi connectivity index (χ3n) is 3.07. The van der Waals surface area contributed by atoms with Gasteiger partial charge in [-0.3, -0.25) is 0 Å². The van der Waals surface area contributed by atoms with Crippen molar-refractivity contribution in [3.8, 4) is 0 Å². The number of rotatable bonds is 4. The Morgan fingerprint density at radius 1 is 1.53 bits per heavy atom. The number of hydrogen-bond donors (Lipinski definition) is 0. The summed E-state index contributed by atoms with van der Waals surface area (Å²) in [5.74, 6) is 0.908. The molecule has 15 heavy (non-hydrogen) atoms. The van der Waals surface area contributed by atoms with Crippen LogP contribution in [0.2, 0.25) is 5.15 Å². The molecule has 2 nitrogen and oxygen atoms in total. The highest BCUT2D eigenvalue weighted by atomic mass is 35.5. The van der Waals surface area contributed by atoms with Gasteiger partial charge < -0.3 is 4.90 Å². The predicted molar refractivity (Wildman–Crippen MR) is 62.9 cm³/mol. The summed E-state index contributed by atoms with van der Waals surface area (Å²) in [6.07, 6.45) is 5.93. The van der Waals surface area contributed by atoms with Crippen LogP contribution in [-0.2, 0) is 6.54 Å². The highest BCUT2D eigenvalue weighted by Crippen LogP contribution is 2.27. The third kappa shape index (κ3) is 2.93. The molecule has 82 valence electrons. The van der Waals surface area contributed by atoms with E-state index in [1.807, 2.05) is 12.1 Å². The Morgan fingerprint density at radius 3 is 2.93 bits per heavy atom. The Labute approximate surface area is 96.3 Å². The van der Waals surface area contributed by atoms with Gasteiger partial charge >= 0.3 is 0 Å². The zero-order valence-corrected chi connectivity index (χ0v) is 9.87. The minimum atomic E-state index is 0.637. The lowest BCUT2D eigenvalue weighted by atomic mass is 9.85. The monoisotopic (exact) mass is 224 g/mol. The molecule has 1 fully saturated rings. The molecular weight excluding hydrogens is 208 g/mol. The van der Waals surface area contributed by atoms with Crippen LogP contribution >= 0.6 is 11.6 Å². The van der Waals surface area contributed by atoms with Crippen molar-refractivity contribution in [1.29, 1.82) is 0 Å². The SMILES string of the molecule is CN(Cc1cccnc1Cl)CC1CCC1. The van der Waals surface area contributed by atoms with Gasteiger partial charge in [-0.25, -0.2) is 4.98 Å². The van der Waals surface area contributed by atoms with Crippen molar-refractivity contribution < 1.29 is 0 Å². The summed E-state index contributed by atoms with van der Waals surface area (Å²) in [4.78, 5) is 6.42. The van der Waals surface area contributed by atoms with Crippen molar-refractivity contribution >= 4 is 11.6 Å². The molecule has 0 atom stereocenters. The van der Waals surface area contributed by atoms with Crippen LogP contribution in [0, 0.1) is 5.92 Å². The van der Waals surface area contributed by atoms with Crippen LogP contribution in [-0.4, -0.2) is 23.5 Å². The summed E-state index contributed by atoms with van der Waals surface area (Å²) in [5, 5.41) is 0.637. The molecule has 1 aliphatic carbocycles. The Balaban J connectivity index is 1.87. The number of nitrogens with zero attached hydrogens (tertiary/aromatic N) is 2. The summed E-state index contributed by atoms with van der Waals surface area (Å²) in [5.41, 5.74) is 1.13. The Kier molecular flexibility index (Phi) is 3.60. The smallest absolute Gasteiger partial charge is 0.133 e. The van der Waals surface area contributed by atoms with E-state index < -0.39 is 0 Å². The molecule has 0 unspecified atom stereocenters. The first-order valence-corrected chi connectivity index (χ1v) is 5.91. The predicted octanol–water partition coefficient (Wildman–Crippen LogP) is 2.97. The minimum absolute atomic E-state index is 0.637. The van der Waals surface area contributed by atoms with E-state index in [0.29, 0.717) is 5.15 Å². The van der Waals surface area contributed by atoms with Crippen LogP contribution in [0.4, 0.5) is 0 Å². The van der Waals surface area contributed by atoms with Gasteiger partial charge in [-0.2, -0.15) is 0 Å². The second kappa shape index (κ2) is 4.95. The molecule has 0 radical (unpaired) electrons. The molecule has 0 amide bonds. The maximum atomic E-state index is 6.01. The first-order valence-electron chi connectivity index (χ1n) is 5.53. The van der Waals surface area contributed by atoms with Gasteiger partial charge in [-0.1, -0.05) is 24.1 Å². The van der Waals surface area contributed by atoms with Gasteiger partial charge in [0.15, 0.2) is 0 Å². The Bertz CT molecular complexity index is 323. The van der Waals surface area contributed by atoms with Gasteiger partial charge in [0.25, 0.3) is 0 Å². The number of halogens is 1. The van der Waals surface area contributed by atoms with Gasteiger partial charge in [0.05, 0.1) is 0 Å². The highest BCUT2D eigenvalue weighted by molar-refractivity contribution is 6.30. The van der Waals surface area contributed by atoms with Gasteiger partial charge in [-0.15, -0.1) is 0 Å². The average Bonchev–Trinajstić information content (AvgIpc) is 2.16. The van der Waals surface area contributed by atoms with E-state index in [1.54, 1.807) is 6.20 Å². The van der Waals surface area contributed by atoms with Crippen LogP contribution in [0.15, 0.2) is 18.3 Å². The molecule has 0 bridgehead atoms. The first-order chi connectivity index (χ1) is 7.25. The fourth-order valence-corrected chi connectivity index (χ4v) is 2.19. The van der Waals surface area contributed by atoms with Crippen molar-refractivity contribution in [2.24, 2.45) is 5.92 Å². The van der Waals surface area contributed by atoms with E-state index in [9.17, 15) is 0 Å². The highest BCUT2D eigenvalue weighted by Gasteiger charge is 2.19. The fourth-order valence-electron chi connectivity index (χ4n) is 2.01. The maximum absolute atomic E-state index is 6.01. The molecule has 0 N–H and O–H groups in total. The number of aromatic nitrogens is 1. The molecule has 3 heteroatoms. The fraction of sp³-hybridized carbons (Fsp3) is 0.583. The summed E-state index contributed by atoms with van der Waals surface area (Å²) in [7, 11) is 2.15. The topological polar surface area (TPSA) is 16.1 Å². The van der Waals surface area contributed by atoms with Crippen molar-refractivity contribution in [3.63, 3.8) is 0 Å². The quantitative estimate of drug-likeness (QED) is 0.731. The second-order valence-corrected chi connectivity index (χ2v) is 4.81. The second-order valence-electron chi connectivity index (χ2n) is 4.45. The van der Waals surface area contributed by atoms with Crippen LogP contribution in [0.25, 0.3) is 0 Å². The molecule has 1 heterocycles. The summed E-state index contributed by atoms with van der Waals surface area (Å²) in [6, 6.07) is 3.99. The Morgan fingerprint density at radius 2 is 2.33 bits per heavy atom. The average molecular weight is 225 g/mol. The molecule has 1 aromatic rings. The summed E-state index contributed by atoms with van der Waals surface area (Å²) in [6.45, 7) is 2.09. The van der Waals surface area contributed by atoms with Gasteiger partial charge in [-0.05, 0) is 31.9 Å². The summed E-state index contributed by atoms with van der Waals surface area (Å²) < 4.78 is 0. The van der Waals surface area contributed by atoms with E-state index in [0.717, 1.165) is 18.0 Å². The molecule has 1 saturated carbocycles. The standard InChI is InChI=1S/C12H17ClN2/c1-15(8-10-4-2-5-10)9-11-6-3-7-14-12(11)13/h3,6-7,10H,2,4-5,8-9H2,1H3. The molecule has 0 aliphatic heterocycles. The molecule has 2 rings (SSSR count). The van der Waals surface area contributed by atoms with E-state index in [2.05, 4.69) is 16.9 Å². The summed E-state index contributed by atoms with van der Waals surface area (Å²) >= 11 is 6.01. The molecule has 1 aliphatic rings. The lowest BCUT2D eigenvalue weighted by molar-refractivity contribution is 0.200. The molecule has 0 spiro atoms. The largest absolute Gasteiger partial charge is 0.302 e. The number of pyridine rings is 1. The lowest BCUT2D eigenvalue weighted by Gasteiger charge is -2.30. The molecule has 1 aromatic heterocycles. The van der Waals surface area contributed by atoms with Crippen molar-refractivity contribution in [2.75, 3.05) is 13.6 Å². The van der Waals surface area contributed by atoms with E-state index in [-0.39, 0.29) is 0 Å². The van der Waals surface area contributed by atoms with Gasteiger partial charge in [0, 0.05) is 24.8 Å². The van der Waals surface area contributed by atoms with Crippen LogP contribution < -0.4 is 0 Å². The minimum Gasteiger partial charge on any atom is -0.302 e. The van der Waals surface area contributed by atoms with Crippen LogP contribution in [0.5, 0.6) is 0 Å². The molecule has 0 aromatic carbocycles. The first kappa shape index (κ1) is 10.9. The zero-order chi connectivity index (χ0) is 10.7. The maximum Gasteiger partial charge on any atom is 0.133 e. The van der Waals surface area contributed by atoms with E-state index >= 15 is 0 Å². The zero-order valence-electron chi connectivity index (χ0n) is 9.12. The normalized spacial score (nSPS) is 16.7. The molecular formula is C12H17ClN2. The van der Waals surface area contributed by atoms with E-state index in [1.165, 1.54) is 25.8 Å². The van der Waals surface area contributed by atoms with Crippen molar-refractivity contribution in [3.05, 3.63) is 29.0 Å². The van der Waals surface area contributed by atoms with Crippen LogP contribution in [0.3, 0.4) is 0 Å². The van der Waals surface area contributed by atoms with E-state index in [4.69, 9.17) is 11.6 Å². The Hall–Kier alpha value is -0.600. The van der Waals surface area contributed by atoms with Gasteiger partial charge in [0.2, 0.25) is 0 Å². The third-order valence-corrected chi connectivity index (χ3v) is 3.41. The van der Waals surface area contributed by atoms with Crippen molar-refractivity contribution in [2.45, 2.75) is 25.8 Å². The lowest BCUT2D eigenvalue weighted by Crippen LogP contribution is -2.29. The molecule has 0 saturated heterocycles. The van der Waals surface area contributed by atoms with Crippen LogP contribution in [0.1, 0.15) is 24.8 Å². The number of hydrogen-bond acceptors (Lipinski definition) is 2. The van der Waals surface area contributed by atoms with Gasteiger partial charge in [0.1, 0.15) is 5.15 Å². The van der Waals surface area contributed by atoms with Crippen molar-refractivity contribution in [1.82, 2.24) is 9.88 Å².